The molecule has 29 heavy (non-hydrogen) atoms. The smallest absolute Gasteiger partial charge is 0.332 e. The molecule has 3 fully saturated rings. The van der Waals surface area contributed by atoms with E-state index in [4.69, 9.17) is 14.2 Å². The summed E-state index contributed by atoms with van der Waals surface area (Å²) >= 11 is 0. The summed E-state index contributed by atoms with van der Waals surface area (Å²) in [5.74, 6) is 1.06. The summed E-state index contributed by atoms with van der Waals surface area (Å²) in [5.41, 5.74) is -0.0387. The van der Waals surface area contributed by atoms with E-state index in [2.05, 4.69) is 22.4 Å². The number of benzene rings is 1. The maximum absolute atomic E-state index is 13.5. The van der Waals surface area contributed by atoms with Crippen molar-refractivity contribution in [2.24, 2.45) is 11.3 Å². The number of anilines is 1. The first-order valence-corrected chi connectivity index (χ1v) is 10.3. The first kappa shape index (κ1) is 16.3. The fraction of sp³-hybridized carbons (Fsp3) is 0.545. The predicted molar refractivity (Wildman–Crippen MR) is 102 cm³/mol. The van der Waals surface area contributed by atoms with E-state index in [-0.39, 0.29) is 35.9 Å². The van der Waals surface area contributed by atoms with Crippen LogP contribution >= 0.6 is 0 Å². The first-order chi connectivity index (χ1) is 14.1. The Hall–Kier alpha value is -2.54. The molecule has 4 heterocycles. The van der Waals surface area contributed by atoms with Crippen LogP contribution in [0.5, 0.6) is 11.5 Å². The number of carbonyl (C=O) groups excluding carboxylic acids is 2. The van der Waals surface area contributed by atoms with Crippen LogP contribution in [-0.2, 0) is 19.7 Å². The molecular weight excluding hydrogens is 372 g/mol. The summed E-state index contributed by atoms with van der Waals surface area (Å²) in [6.45, 7) is 1.66. The SMILES string of the molecule is COC(=O)[C@]12CC[C@]34C=CCN5CC(C(=O)C3)[C@@]1(c1ccc3c(c1N2)OCO3)[C@@H]54. The van der Waals surface area contributed by atoms with Crippen molar-refractivity contribution < 1.29 is 23.8 Å². The minimum Gasteiger partial charge on any atom is -0.467 e. The summed E-state index contributed by atoms with van der Waals surface area (Å²) in [6, 6.07) is 4.06. The van der Waals surface area contributed by atoms with Crippen LogP contribution in [0.15, 0.2) is 24.3 Å². The molecule has 2 saturated carbocycles. The average Bonchev–Trinajstić information content (AvgIpc) is 3.40. The lowest BCUT2D eigenvalue weighted by molar-refractivity contribution is -0.159. The monoisotopic (exact) mass is 394 g/mol. The number of carbonyl (C=O) groups is 2. The van der Waals surface area contributed by atoms with Crippen molar-refractivity contribution in [2.75, 3.05) is 32.3 Å². The third kappa shape index (κ3) is 1.48. The van der Waals surface area contributed by atoms with Crippen molar-refractivity contribution in [3.8, 4) is 11.5 Å². The van der Waals surface area contributed by atoms with Crippen LogP contribution in [-0.4, -0.2) is 55.2 Å². The van der Waals surface area contributed by atoms with Gasteiger partial charge < -0.3 is 19.5 Å². The molecule has 150 valence electrons. The molecule has 2 aliphatic carbocycles. The van der Waals surface area contributed by atoms with Crippen molar-refractivity contribution in [1.82, 2.24) is 4.90 Å². The molecule has 7 heteroatoms. The van der Waals surface area contributed by atoms with E-state index in [9.17, 15) is 9.59 Å². The van der Waals surface area contributed by atoms with Gasteiger partial charge in [0.05, 0.1) is 18.2 Å². The quantitative estimate of drug-likeness (QED) is 0.573. The van der Waals surface area contributed by atoms with Crippen LogP contribution in [0.3, 0.4) is 0 Å². The molecule has 4 bridgehead atoms. The van der Waals surface area contributed by atoms with Gasteiger partial charge in [0.1, 0.15) is 11.3 Å². The highest BCUT2D eigenvalue weighted by molar-refractivity contribution is 5.99. The van der Waals surface area contributed by atoms with Crippen LogP contribution in [0.1, 0.15) is 24.8 Å². The lowest BCUT2D eigenvalue weighted by Gasteiger charge is -2.62. The molecule has 1 unspecified atom stereocenters. The molecule has 7 nitrogen and oxygen atoms in total. The zero-order valence-corrected chi connectivity index (χ0v) is 16.2. The van der Waals surface area contributed by atoms with Gasteiger partial charge in [0.25, 0.3) is 0 Å². The topological polar surface area (TPSA) is 77.1 Å². The maximum Gasteiger partial charge on any atom is 0.332 e. The van der Waals surface area contributed by atoms with Gasteiger partial charge in [-0.3, -0.25) is 9.69 Å². The minimum atomic E-state index is -0.972. The Morgan fingerprint density at radius 3 is 3.07 bits per heavy atom. The Labute approximate surface area is 168 Å². The van der Waals surface area contributed by atoms with E-state index in [1.807, 2.05) is 12.1 Å². The third-order valence-corrected chi connectivity index (χ3v) is 8.52. The molecule has 1 N–H and O–H groups in total. The van der Waals surface area contributed by atoms with Gasteiger partial charge in [0, 0.05) is 36.9 Å². The number of nitrogens with one attached hydrogen (secondary N) is 1. The van der Waals surface area contributed by atoms with E-state index in [0.29, 0.717) is 30.9 Å². The van der Waals surface area contributed by atoms with Crippen molar-refractivity contribution >= 4 is 17.4 Å². The zero-order valence-electron chi connectivity index (χ0n) is 16.2. The van der Waals surface area contributed by atoms with Crippen LogP contribution in [0.2, 0.25) is 0 Å². The van der Waals surface area contributed by atoms with Gasteiger partial charge in [-0.05, 0) is 24.5 Å². The number of ether oxygens (including phenoxy) is 3. The number of nitrogens with zero attached hydrogens (tertiary/aromatic N) is 1. The maximum atomic E-state index is 13.5. The average molecular weight is 394 g/mol. The van der Waals surface area contributed by atoms with E-state index in [1.165, 1.54) is 7.11 Å². The lowest BCUT2D eigenvalue weighted by atomic mass is 9.42. The van der Waals surface area contributed by atoms with Crippen molar-refractivity contribution in [3.63, 3.8) is 0 Å². The second-order valence-corrected chi connectivity index (χ2v) is 9.30. The third-order valence-electron chi connectivity index (χ3n) is 8.52. The van der Waals surface area contributed by atoms with Gasteiger partial charge >= 0.3 is 5.97 Å². The second kappa shape index (κ2) is 4.78. The summed E-state index contributed by atoms with van der Waals surface area (Å²) < 4.78 is 16.8. The number of esters is 1. The molecule has 0 aromatic heterocycles. The second-order valence-electron chi connectivity index (χ2n) is 9.30. The van der Waals surface area contributed by atoms with Crippen molar-refractivity contribution in [2.45, 2.75) is 36.3 Å². The van der Waals surface area contributed by atoms with Crippen LogP contribution < -0.4 is 14.8 Å². The number of ketones is 1. The van der Waals surface area contributed by atoms with E-state index in [0.717, 1.165) is 24.2 Å². The van der Waals surface area contributed by atoms with E-state index >= 15 is 0 Å². The van der Waals surface area contributed by atoms with Crippen molar-refractivity contribution in [1.29, 1.82) is 0 Å². The molecule has 1 aromatic carbocycles. The van der Waals surface area contributed by atoms with E-state index < -0.39 is 11.0 Å². The minimum absolute atomic E-state index is 0.0877. The first-order valence-electron chi connectivity index (χ1n) is 10.3. The van der Waals surface area contributed by atoms with Gasteiger partial charge in [-0.15, -0.1) is 0 Å². The van der Waals surface area contributed by atoms with Gasteiger partial charge in [0.2, 0.25) is 6.79 Å². The standard InChI is InChI=1S/C22H22N2O5/c1-27-19(26)21-7-6-20-5-2-8-24-10-13(14(25)9-20)22(21,18(20)24)12-3-4-15-17(16(12)23-21)29-11-28-15/h2-5,13,18,23H,6-11H2,1H3/t13?,18-,20+,21+,22-/m0/s1. The summed E-state index contributed by atoms with van der Waals surface area (Å²) in [5, 5.41) is 3.57. The fourth-order valence-corrected chi connectivity index (χ4v) is 7.78. The summed E-state index contributed by atoms with van der Waals surface area (Å²) in [7, 11) is 1.44. The molecule has 1 aromatic rings. The summed E-state index contributed by atoms with van der Waals surface area (Å²) in [4.78, 5) is 29.4. The summed E-state index contributed by atoms with van der Waals surface area (Å²) in [6.07, 6.45) is 6.44. The van der Waals surface area contributed by atoms with Gasteiger partial charge in [0.15, 0.2) is 11.5 Å². The number of Topliss-reactive ketones (excluding diaryl/α,β-unsaturated/α-hetero) is 1. The highest BCUT2D eigenvalue weighted by Crippen LogP contribution is 2.72. The number of rotatable bonds is 1. The Bertz CT molecular complexity index is 1040. The van der Waals surface area contributed by atoms with Gasteiger partial charge in [-0.25, -0.2) is 4.79 Å². The van der Waals surface area contributed by atoms with E-state index in [1.54, 1.807) is 0 Å². The normalized spacial score (nSPS) is 42.3. The number of methoxy groups -OCH3 is 1. The predicted octanol–water partition coefficient (Wildman–Crippen LogP) is 1.61. The van der Waals surface area contributed by atoms with Crippen molar-refractivity contribution in [3.05, 3.63) is 29.8 Å². The Kier molecular flexibility index (Phi) is 2.68. The van der Waals surface area contributed by atoms with Crippen LogP contribution in [0.4, 0.5) is 5.69 Å². The van der Waals surface area contributed by atoms with Crippen LogP contribution in [0, 0.1) is 11.3 Å². The fourth-order valence-electron chi connectivity index (χ4n) is 7.78. The Morgan fingerprint density at radius 1 is 1.31 bits per heavy atom. The largest absolute Gasteiger partial charge is 0.467 e. The van der Waals surface area contributed by atoms with Gasteiger partial charge in [-0.2, -0.15) is 0 Å². The molecular formula is C22H22N2O5. The highest BCUT2D eigenvalue weighted by atomic mass is 16.7. The highest BCUT2D eigenvalue weighted by Gasteiger charge is 2.81. The molecule has 0 radical (unpaired) electrons. The zero-order chi connectivity index (χ0) is 19.6. The molecule has 5 atom stereocenters. The number of hydrogen-bond donors (Lipinski definition) is 1. The molecule has 1 saturated heterocycles. The lowest BCUT2D eigenvalue weighted by Crippen LogP contribution is -2.75. The Morgan fingerprint density at radius 2 is 2.21 bits per heavy atom. The number of hydrogen-bond acceptors (Lipinski definition) is 7. The number of fused-ring (bicyclic) bond motifs is 3. The van der Waals surface area contributed by atoms with Crippen LogP contribution in [0.25, 0.3) is 0 Å². The Balaban J connectivity index is 1.60. The molecule has 6 aliphatic rings. The van der Waals surface area contributed by atoms with Gasteiger partial charge in [-0.1, -0.05) is 18.2 Å². The molecule has 1 spiro atoms. The molecule has 0 amide bonds. The molecule has 7 rings (SSSR count). The molecule has 4 aliphatic heterocycles.